The van der Waals surface area contributed by atoms with Gasteiger partial charge in [0.2, 0.25) is 5.91 Å². The van der Waals surface area contributed by atoms with Gasteiger partial charge in [-0.1, -0.05) is 12.1 Å². The summed E-state index contributed by atoms with van der Waals surface area (Å²) < 4.78 is 0. The van der Waals surface area contributed by atoms with Gasteiger partial charge in [0, 0.05) is 19.8 Å². The van der Waals surface area contributed by atoms with Crippen LogP contribution in [0.3, 0.4) is 0 Å². The van der Waals surface area contributed by atoms with E-state index < -0.39 is 6.04 Å². The first-order chi connectivity index (χ1) is 8.90. The van der Waals surface area contributed by atoms with Crippen molar-refractivity contribution in [1.29, 1.82) is 0 Å². The molecule has 2 amide bonds. The summed E-state index contributed by atoms with van der Waals surface area (Å²) in [7, 11) is 3.23. The Morgan fingerprint density at radius 2 is 2.21 bits per heavy atom. The molecule has 2 rings (SSSR count). The van der Waals surface area contributed by atoms with Crippen LogP contribution in [0, 0.1) is 0 Å². The Morgan fingerprint density at radius 1 is 1.53 bits per heavy atom. The fraction of sp³-hybridized carbons (Fsp3) is 0.385. The molecule has 1 aliphatic rings. The predicted molar refractivity (Wildman–Crippen MR) is 72.2 cm³/mol. The molecule has 0 spiro atoms. The van der Waals surface area contributed by atoms with Crippen molar-refractivity contribution < 1.29 is 9.59 Å². The van der Waals surface area contributed by atoms with Gasteiger partial charge in [-0.15, -0.1) is 0 Å². The zero-order valence-corrected chi connectivity index (χ0v) is 11.1. The first-order valence-corrected chi connectivity index (χ1v) is 6.06. The van der Waals surface area contributed by atoms with Gasteiger partial charge in [-0.3, -0.25) is 14.6 Å². The summed E-state index contributed by atoms with van der Waals surface area (Å²) in [6.07, 6.45) is 0.811. The topological polar surface area (TPSA) is 92.7 Å². The van der Waals surface area contributed by atoms with Crippen molar-refractivity contribution in [3.05, 3.63) is 29.3 Å². The summed E-state index contributed by atoms with van der Waals surface area (Å²) >= 11 is 0. The van der Waals surface area contributed by atoms with Gasteiger partial charge in [-0.25, -0.2) is 5.84 Å². The highest BCUT2D eigenvalue weighted by molar-refractivity contribution is 6.00. The molecule has 1 unspecified atom stereocenters. The normalized spacial score (nSPS) is 15.4. The van der Waals surface area contributed by atoms with E-state index in [0.29, 0.717) is 12.8 Å². The van der Waals surface area contributed by atoms with Gasteiger partial charge in [0.15, 0.2) is 0 Å². The zero-order valence-electron chi connectivity index (χ0n) is 11.1. The number of rotatable bonds is 3. The Labute approximate surface area is 111 Å². The van der Waals surface area contributed by atoms with Crippen LogP contribution in [0.15, 0.2) is 18.2 Å². The van der Waals surface area contributed by atoms with Gasteiger partial charge in [0.1, 0.15) is 0 Å². The largest absolute Gasteiger partial charge is 0.320 e. The molecular weight excluding hydrogens is 244 g/mol. The quantitative estimate of drug-likeness (QED) is 0.432. The zero-order chi connectivity index (χ0) is 14.2. The first kappa shape index (κ1) is 13.5. The summed E-state index contributed by atoms with van der Waals surface area (Å²) in [4.78, 5) is 24.8. The maximum Gasteiger partial charge on any atom is 0.253 e. The number of likely N-dealkylation sites (N-methyl/N-ethyl adjacent to an activating group) is 2. The number of carbonyl (C=O) groups is 2. The van der Waals surface area contributed by atoms with Gasteiger partial charge < -0.3 is 10.6 Å². The highest BCUT2D eigenvalue weighted by Gasteiger charge is 2.24. The summed E-state index contributed by atoms with van der Waals surface area (Å²) in [5, 5.41) is 0.995. The van der Waals surface area contributed by atoms with Crippen LogP contribution in [0.2, 0.25) is 0 Å². The Morgan fingerprint density at radius 3 is 2.84 bits per heavy atom. The lowest BCUT2D eigenvalue weighted by Gasteiger charge is -2.17. The molecule has 6 nitrogen and oxygen atoms in total. The lowest BCUT2D eigenvalue weighted by Crippen LogP contribution is -2.46. The summed E-state index contributed by atoms with van der Waals surface area (Å²) in [6.45, 7) is 0. The summed E-state index contributed by atoms with van der Waals surface area (Å²) in [5.74, 6) is 5.14. The minimum absolute atomic E-state index is 0.0780. The van der Waals surface area contributed by atoms with Gasteiger partial charge in [-0.2, -0.15) is 0 Å². The summed E-state index contributed by atoms with van der Waals surface area (Å²) in [5.41, 5.74) is 8.63. The molecule has 1 aromatic carbocycles. The van der Waals surface area contributed by atoms with Crippen molar-refractivity contribution in [2.45, 2.75) is 18.9 Å². The molecule has 0 fully saturated rings. The van der Waals surface area contributed by atoms with Crippen LogP contribution in [0.1, 0.15) is 11.1 Å². The van der Waals surface area contributed by atoms with Crippen LogP contribution in [-0.2, 0) is 22.4 Å². The minimum Gasteiger partial charge on any atom is -0.320 e. The van der Waals surface area contributed by atoms with E-state index in [0.717, 1.165) is 21.8 Å². The minimum atomic E-state index is -0.664. The monoisotopic (exact) mass is 262 g/mol. The third-order valence-electron chi connectivity index (χ3n) is 3.34. The van der Waals surface area contributed by atoms with Crippen LogP contribution < -0.4 is 16.5 Å². The maximum atomic E-state index is 11.6. The number of hydrazine groups is 1. The third kappa shape index (κ3) is 2.59. The predicted octanol–water partition coefficient (Wildman–Crippen LogP) is -0.593. The molecule has 0 saturated carbocycles. The molecule has 19 heavy (non-hydrogen) atoms. The molecule has 1 heterocycles. The number of carbonyl (C=O) groups excluding carboxylic acids is 2. The standard InChI is InChI=1S/C13H18N4O2/c1-16-11-4-3-8(5-9(11)7-12(16)18)6-10(14)13(19)17(2)15/h3-5,10H,6-7,14-15H2,1-2H3. The average molecular weight is 262 g/mol. The Kier molecular flexibility index (Phi) is 3.55. The lowest BCUT2D eigenvalue weighted by atomic mass is 10.0. The van der Waals surface area contributed by atoms with Crippen LogP contribution in [-0.4, -0.2) is 37.0 Å². The van der Waals surface area contributed by atoms with Gasteiger partial charge in [0.25, 0.3) is 5.91 Å². The second kappa shape index (κ2) is 4.99. The van der Waals surface area contributed by atoms with E-state index in [9.17, 15) is 9.59 Å². The van der Waals surface area contributed by atoms with E-state index in [1.165, 1.54) is 7.05 Å². The second-order valence-electron chi connectivity index (χ2n) is 4.85. The van der Waals surface area contributed by atoms with E-state index in [4.69, 9.17) is 11.6 Å². The van der Waals surface area contributed by atoms with Gasteiger partial charge in [0.05, 0.1) is 12.5 Å². The molecule has 0 bridgehead atoms. The summed E-state index contributed by atoms with van der Waals surface area (Å²) in [6, 6.07) is 5.04. The van der Waals surface area contributed by atoms with Gasteiger partial charge in [-0.05, 0) is 23.6 Å². The SMILES string of the molecule is CN(N)C(=O)C(N)Cc1ccc2c(c1)CC(=O)N2C. The Balaban J connectivity index is 2.14. The van der Waals surface area contributed by atoms with Crippen LogP contribution in [0.25, 0.3) is 0 Å². The third-order valence-corrected chi connectivity index (χ3v) is 3.34. The first-order valence-electron chi connectivity index (χ1n) is 6.06. The van der Waals surface area contributed by atoms with E-state index in [1.807, 2.05) is 18.2 Å². The molecule has 1 atom stereocenters. The number of nitrogens with two attached hydrogens (primary N) is 2. The van der Waals surface area contributed by atoms with Crippen LogP contribution >= 0.6 is 0 Å². The molecule has 4 N–H and O–H groups in total. The highest BCUT2D eigenvalue weighted by Crippen LogP contribution is 2.28. The number of amides is 2. The molecule has 1 aliphatic heterocycles. The number of fused-ring (bicyclic) bond motifs is 1. The lowest BCUT2D eigenvalue weighted by molar-refractivity contribution is -0.131. The molecule has 6 heteroatoms. The molecule has 0 aromatic heterocycles. The van der Waals surface area contributed by atoms with E-state index in [1.54, 1.807) is 11.9 Å². The average Bonchev–Trinajstić information content (AvgIpc) is 2.63. The Hall–Kier alpha value is -1.92. The number of anilines is 1. The fourth-order valence-corrected chi connectivity index (χ4v) is 2.25. The number of hydrogen-bond acceptors (Lipinski definition) is 4. The van der Waals surface area contributed by atoms with E-state index in [2.05, 4.69) is 0 Å². The highest BCUT2D eigenvalue weighted by atomic mass is 16.2. The fourth-order valence-electron chi connectivity index (χ4n) is 2.25. The number of nitrogens with zero attached hydrogens (tertiary/aromatic N) is 2. The van der Waals surface area contributed by atoms with Crippen molar-refractivity contribution in [2.75, 3.05) is 19.0 Å². The molecule has 0 aliphatic carbocycles. The second-order valence-corrected chi connectivity index (χ2v) is 4.85. The van der Waals surface area contributed by atoms with Crippen molar-refractivity contribution >= 4 is 17.5 Å². The van der Waals surface area contributed by atoms with Crippen molar-refractivity contribution in [2.24, 2.45) is 11.6 Å². The Bertz CT molecular complexity index is 527. The number of benzene rings is 1. The van der Waals surface area contributed by atoms with E-state index >= 15 is 0 Å². The van der Waals surface area contributed by atoms with E-state index in [-0.39, 0.29) is 11.8 Å². The molecular formula is C13H18N4O2. The van der Waals surface area contributed by atoms with Crippen LogP contribution in [0.5, 0.6) is 0 Å². The van der Waals surface area contributed by atoms with Crippen molar-refractivity contribution in [3.8, 4) is 0 Å². The number of hydrogen-bond donors (Lipinski definition) is 2. The molecule has 1 aromatic rings. The smallest absolute Gasteiger partial charge is 0.253 e. The van der Waals surface area contributed by atoms with Crippen LogP contribution in [0.4, 0.5) is 5.69 Å². The maximum absolute atomic E-state index is 11.6. The van der Waals surface area contributed by atoms with Gasteiger partial charge >= 0.3 is 0 Å². The molecule has 0 saturated heterocycles. The van der Waals surface area contributed by atoms with Crippen molar-refractivity contribution in [1.82, 2.24) is 5.01 Å². The molecule has 102 valence electrons. The molecule has 0 radical (unpaired) electrons. The van der Waals surface area contributed by atoms with Crippen molar-refractivity contribution in [3.63, 3.8) is 0 Å².